The molecule has 1 aromatic heterocycles. The number of rotatable bonds is 7. The predicted molar refractivity (Wildman–Crippen MR) is 97.1 cm³/mol. The maximum atomic E-state index is 12.1. The highest BCUT2D eigenvalue weighted by Gasteiger charge is 2.13. The third kappa shape index (κ3) is 5.67. The van der Waals surface area contributed by atoms with Gasteiger partial charge >= 0.3 is 5.97 Å². The molecule has 26 heavy (non-hydrogen) atoms. The molecule has 0 aliphatic carbocycles. The van der Waals surface area contributed by atoms with Gasteiger partial charge in [0.15, 0.2) is 5.76 Å². The molecule has 1 heterocycles. The predicted octanol–water partition coefficient (Wildman–Crippen LogP) is 4.02. The molecule has 2 rings (SSSR count). The van der Waals surface area contributed by atoms with Crippen molar-refractivity contribution in [3.63, 3.8) is 0 Å². The van der Waals surface area contributed by atoms with Crippen LogP contribution in [0.5, 0.6) is 5.75 Å². The molecule has 0 bridgehead atoms. The van der Waals surface area contributed by atoms with Crippen LogP contribution in [0.2, 0.25) is 5.02 Å². The first-order valence-corrected chi connectivity index (χ1v) is 8.41. The Balaban J connectivity index is 1.94. The summed E-state index contributed by atoms with van der Waals surface area (Å²) in [5.74, 6) is 0.323. The van der Waals surface area contributed by atoms with Crippen LogP contribution in [0.25, 0.3) is 0 Å². The number of halogens is 1. The van der Waals surface area contributed by atoms with E-state index in [2.05, 4.69) is 5.32 Å². The highest BCUT2D eigenvalue weighted by Crippen LogP contribution is 2.23. The summed E-state index contributed by atoms with van der Waals surface area (Å²) in [4.78, 5) is 23.5. The van der Waals surface area contributed by atoms with E-state index >= 15 is 0 Å². The van der Waals surface area contributed by atoms with Crippen molar-refractivity contribution in [2.75, 3.05) is 6.61 Å². The van der Waals surface area contributed by atoms with Gasteiger partial charge < -0.3 is 19.2 Å². The van der Waals surface area contributed by atoms with Gasteiger partial charge in [-0.3, -0.25) is 4.79 Å². The van der Waals surface area contributed by atoms with Crippen molar-refractivity contribution in [1.29, 1.82) is 0 Å². The van der Waals surface area contributed by atoms with Crippen LogP contribution in [-0.2, 0) is 16.1 Å². The number of furan rings is 1. The molecule has 0 aliphatic rings. The van der Waals surface area contributed by atoms with Gasteiger partial charge in [-0.1, -0.05) is 11.6 Å². The van der Waals surface area contributed by atoms with Gasteiger partial charge in [-0.2, -0.15) is 0 Å². The summed E-state index contributed by atoms with van der Waals surface area (Å²) in [7, 11) is 0. The highest BCUT2D eigenvalue weighted by atomic mass is 35.5. The average molecular weight is 378 g/mol. The lowest BCUT2D eigenvalue weighted by Crippen LogP contribution is -2.21. The number of amides is 1. The minimum atomic E-state index is -0.517. The monoisotopic (exact) mass is 377 g/mol. The fraction of sp³-hybridized carbons (Fsp3) is 0.263. The second-order valence-corrected chi connectivity index (χ2v) is 5.93. The molecule has 0 atom stereocenters. The number of carbonyl (C=O) groups excluding carboxylic acids is 2. The van der Waals surface area contributed by atoms with E-state index in [-0.39, 0.29) is 19.0 Å². The molecular formula is C19H20ClNO5. The molecule has 0 spiro atoms. The topological polar surface area (TPSA) is 77.8 Å². The average Bonchev–Trinajstić information content (AvgIpc) is 3.03. The van der Waals surface area contributed by atoms with Crippen LogP contribution in [0, 0.1) is 6.92 Å². The smallest absolute Gasteiger partial charge is 0.332 e. The SMILES string of the molecule is CCOC(=O)/C=C(\C)NC(=O)c1ccc(COc2ccc(Cl)cc2C)o1. The van der Waals surface area contributed by atoms with E-state index in [9.17, 15) is 9.59 Å². The minimum Gasteiger partial charge on any atom is -0.485 e. The van der Waals surface area contributed by atoms with Crippen molar-refractivity contribution in [1.82, 2.24) is 5.32 Å². The first-order chi connectivity index (χ1) is 12.4. The van der Waals surface area contributed by atoms with Gasteiger partial charge in [-0.25, -0.2) is 4.79 Å². The summed E-state index contributed by atoms with van der Waals surface area (Å²) < 4.78 is 15.9. The van der Waals surface area contributed by atoms with E-state index in [1.54, 1.807) is 44.2 Å². The number of benzene rings is 1. The van der Waals surface area contributed by atoms with E-state index in [0.29, 0.717) is 22.2 Å². The molecule has 0 saturated heterocycles. The van der Waals surface area contributed by atoms with Crippen molar-refractivity contribution >= 4 is 23.5 Å². The second-order valence-electron chi connectivity index (χ2n) is 5.50. The zero-order chi connectivity index (χ0) is 19.1. The van der Waals surface area contributed by atoms with E-state index in [1.165, 1.54) is 6.08 Å². The Morgan fingerprint density at radius 2 is 2.04 bits per heavy atom. The summed E-state index contributed by atoms with van der Waals surface area (Å²) in [5.41, 5.74) is 1.26. The van der Waals surface area contributed by atoms with Crippen LogP contribution in [-0.4, -0.2) is 18.5 Å². The summed E-state index contributed by atoms with van der Waals surface area (Å²) in [5, 5.41) is 3.20. The third-order valence-electron chi connectivity index (χ3n) is 3.32. The maximum absolute atomic E-state index is 12.1. The first kappa shape index (κ1) is 19.6. The Morgan fingerprint density at radius 3 is 2.73 bits per heavy atom. The molecular weight excluding hydrogens is 358 g/mol. The number of carbonyl (C=O) groups is 2. The van der Waals surface area contributed by atoms with Crippen molar-refractivity contribution in [3.8, 4) is 5.75 Å². The normalized spacial score (nSPS) is 11.2. The van der Waals surface area contributed by atoms with Crippen LogP contribution < -0.4 is 10.1 Å². The number of hydrogen-bond donors (Lipinski definition) is 1. The second kappa shape index (κ2) is 9.10. The van der Waals surface area contributed by atoms with Crippen molar-refractivity contribution in [2.45, 2.75) is 27.4 Å². The van der Waals surface area contributed by atoms with Crippen molar-refractivity contribution < 1.29 is 23.5 Å². The number of allylic oxidation sites excluding steroid dienone is 1. The van der Waals surface area contributed by atoms with Crippen LogP contribution in [0.4, 0.5) is 0 Å². The summed E-state index contributed by atoms with van der Waals surface area (Å²) >= 11 is 5.91. The number of nitrogens with one attached hydrogen (secondary N) is 1. The largest absolute Gasteiger partial charge is 0.485 e. The van der Waals surface area contributed by atoms with Crippen LogP contribution in [0.15, 0.2) is 46.5 Å². The first-order valence-electron chi connectivity index (χ1n) is 8.03. The van der Waals surface area contributed by atoms with Gasteiger partial charge in [0, 0.05) is 16.8 Å². The molecule has 1 N–H and O–H groups in total. The van der Waals surface area contributed by atoms with Gasteiger partial charge in [0.1, 0.15) is 18.1 Å². The van der Waals surface area contributed by atoms with E-state index in [0.717, 1.165) is 5.56 Å². The lowest BCUT2D eigenvalue weighted by atomic mass is 10.2. The van der Waals surface area contributed by atoms with Gasteiger partial charge in [0.05, 0.1) is 6.61 Å². The molecule has 0 fully saturated rings. The lowest BCUT2D eigenvalue weighted by Gasteiger charge is -2.07. The molecule has 0 unspecified atom stereocenters. The molecule has 138 valence electrons. The zero-order valence-corrected chi connectivity index (χ0v) is 15.6. The summed E-state index contributed by atoms with van der Waals surface area (Å²) in [6.07, 6.45) is 1.21. The van der Waals surface area contributed by atoms with E-state index in [1.807, 2.05) is 6.92 Å². The third-order valence-corrected chi connectivity index (χ3v) is 3.56. The fourth-order valence-electron chi connectivity index (χ4n) is 2.14. The number of ether oxygens (including phenoxy) is 2. The molecule has 6 nitrogen and oxygen atoms in total. The summed E-state index contributed by atoms with van der Waals surface area (Å²) in [6.45, 7) is 5.63. The summed E-state index contributed by atoms with van der Waals surface area (Å²) in [6, 6.07) is 8.52. The highest BCUT2D eigenvalue weighted by molar-refractivity contribution is 6.30. The van der Waals surface area contributed by atoms with Gasteiger partial charge in [-0.15, -0.1) is 0 Å². The zero-order valence-electron chi connectivity index (χ0n) is 14.8. The molecule has 0 saturated carbocycles. The van der Waals surface area contributed by atoms with Crippen LogP contribution in [0.1, 0.15) is 35.7 Å². The number of aryl methyl sites for hydroxylation is 1. The molecule has 2 aromatic rings. The quantitative estimate of drug-likeness (QED) is 0.582. The van der Waals surface area contributed by atoms with E-state index in [4.69, 9.17) is 25.5 Å². The molecule has 7 heteroatoms. The standard InChI is InChI=1S/C19H20ClNO5/c1-4-24-18(22)10-13(3)21-19(23)17-8-6-15(26-17)11-25-16-7-5-14(20)9-12(16)2/h5-10H,4,11H2,1-3H3,(H,21,23)/b13-10+. The Labute approximate surface area is 156 Å². The Morgan fingerprint density at radius 1 is 1.27 bits per heavy atom. The maximum Gasteiger partial charge on any atom is 0.332 e. The van der Waals surface area contributed by atoms with Gasteiger partial charge in [-0.05, 0) is 56.7 Å². The van der Waals surface area contributed by atoms with Crippen LogP contribution >= 0.6 is 11.6 Å². The molecule has 0 radical (unpaired) electrons. The molecule has 1 amide bonds. The molecule has 1 aromatic carbocycles. The number of esters is 1. The minimum absolute atomic E-state index is 0.119. The van der Waals surface area contributed by atoms with Gasteiger partial charge in [0.25, 0.3) is 5.91 Å². The van der Waals surface area contributed by atoms with Crippen molar-refractivity contribution in [2.24, 2.45) is 0 Å². The Kier molecular flexibility index (Phi) is 6.86. The lowest BCUT2D eigenvalue weighted by molar-refractivity contribution is -0.137. The number of hydrogen-bond acceptors (Lipinski definition) is 5. The van der Waals surface area contributed by atoms with Crippen LogP contribution in [0.3, 0.4) is 0 Å². The Hall–Kier alpha value is -2.73. The van der Waals surface area contributed by atoms with E-state index < -0.39 is 11.9 Å². The molecule has 0 aliphatic heterocycles. The van der Waals surface area contributed by atoms with Gasteiger partial charge in [0.2, 0.25) is 0 Å². The fourth-order valence-corrected chi connectivity index (χ4v) is 2.37. The Bertz CT molecular complexity index is 825. The van der Waals surface area contributed by atoms with Crippen molar-refractivity contribution in [3.05, 3.63) is 64.2 Å².